The molecule has 0 atom stereocenters. The monoisotopic (exact) mass is 287 g/mol. The predicted octanol–water partition coefficient (Wildman–Crippen LogP) is 1.53. The molecule has 1 aromatic heterocycles. The summed E-state index contributed by atoms with van der Waals surface area (Å²) >= 11 is 11.6. The van der Waals surface area contributed by atoms with Crippen LogP contribution in [-0.2, 0) is 16.1 Å². The average molecular weight is 288 g/mol. The maximum absolute atomic E-state index is 11.9. The van der Waals surface area contributed by atoms with Gasteiger partial charge in [-0.1, -0.05) is 11.6 Å². The van der Waals surface area contributed by atoms with Gasteiger partial charge in [0.05, 0.1) is 19.8 Å². The molecule has 18 heavy (non-hydrogen) atoms. The van der Waals surface area contributed by atoms with E-state index in [4.69, 9.17) is 27.9 Å². The van der Waals surface area contributed by atoms with E-state index in [1.165, 1.54) is 0 Å². The first-order valence-electron chi connectivity index (χ1n) is 5.60. The number of halogens is 2. The summed E-state index contributed by atoms with van der Waals surface area (Å²) in [5.41, 5.74) is 0.739. The molecular formula is C11H11Cl2N3O2. The lowest BCUT2D eigenvalue weighted by molar-refractivity contribution is -0.130. The smallest absolute Gasteiger partial charge is 0.223 e. The highest BCUT2D eigenvalue weighted by Crippen LogP contribution is 2.38. The Morgan fingerprint density at radius 3 is 2.78 bits per heavy atom. The molecule has 0 radical (unpaired) electrons. The Kier molecular flexibility index (Phi) is 2.92. The van der Waals surface area contributed by atoms with E-state index in [0.29, 0.717) is 43.4 Å². The van der Waals surface area contributed by atoms with E-state index < -0.39 is 0 Å². The fraction of sp³-hybridized carbons (Fsp3) is 0.545. The van der Waals surface area contributed by atoms with Crippen molar-refractivity contribution in [3.63, 3.8) is 0 Å². The third-order valence-electron chi connectivity index (χ3n) is 3.37. The largest absolute Gasteiger partial charge is 0.380 e. The van der Waals surface area contributed by atoms with Crippen LogP contribution < -0.4 is 0 Å². The molecule has 0 aromatic carbocycles. The highest BCUT2D eigenvalue weighted by atomic mass is 35.5. The van der Waals surface area contributed by atoms with E-state index in [9.17, 15) is 4.79 Å². The summed E-state index contributed by atoms with van der Waals surface area (Å²) in [6.45, 7) is 2.47. The highest BCUT2D eigenvalue weighted by molar-refractivity contribution is 6.32. The van der Waals surface area contributed by atoms with E-state index in [0.717, 1.165) is 0 Å². The van der Waals surface area contributed by atoms with Gasteiger partial charge in [0.2, 0.25) is 11.2 Å². The standard InChI is InChI=1S/C11H11Cl2N3O2/c12-9-7(2-14-10(13)15-9)3-16-4-11(1-8(16)17)5-18-6-11/h2H,1,3-6H2. The molecule has 96 valence electrons. The number of hydrogen-bond donors (Lipinski definition) is 0. The number of amides is 1. The van der Waals surface area contributed by atoms with Gasteiger partial charge in [-0.25, -0.2) is 9.97 Å². The number of carbonyl (C=O) groups is 1. The molecule has 2 saturated heterocycles. The topological polar surface area (TPSA) is 55.3 Å². The number of aromatic nitrogens is 2. The van der Waals surface area contributed by atoms with Gasteiger partial charge >= 0.3 is 0 Å². The zero-order valence-electron chi connectivity index (χ0n) is 9.53. The summed E-state index contributed by atoms with van der Waals surface area (Å²) in [5.74, 6) is 0.129. The minimum atomic E-state index is 0.0246. The molecule has 1 aromatic rings. The molecule has 1 amide bonds. The quantitative estimate of drug-likeness (QED) is 0.612. The van der Waals surface area contributed by atoms with E-state index in [1.807, 2.05) is 0 Å². The predicted molar refractivity (Wildman–Crippen MR) is 65.3 cm³/mol. The number of carbonyl (C=O) groups excluding carboxylic acids is 1. The van der Waals surface area contributed by atoms with Gasteiger partial charge in [-0.15, -0.1) is 0 Å². The maximum atomic E-state index is 11.9. The van der Waals surface area contributed by atoms with Gasteiger partial charge in [0, 0.05) is 30.1 Å². The van der Waals surface area contributed by atoms with E-state index in [2.05, 4.69) is 9.97 Å². The zero-order valence-corrected chi connectivity index (χ0v) is 11.0. The van der Waals surface area contributed by atoms with E-state index in [1.54, 1.807) is 11.1 Å². The lowest BCUT2D eigenvalue weighted by atomic mass is 9.85. The molecule has 3 heterocycles. The zero-order chi connectivity index (χ0) is 12.8. The SMILES string of the molecule is O=C1CC2(COC2)CN1Cc1cnc(Cl)nc1Cl. The summed E-state index contributed by atoms with van der Waals surface area (Å²) in [7, 11) is 0. The Balaban J connectivity index is 1.74. The second-order valence-electron chi connectivity index (χ2n) is 4.87. The van der Waals surface area contributed by atoms with Crippen LogP contribution >= 0.6 is 23.2 Å². The van der Waals surface area contributed by atoms with Gasteiger partial charge in [-0.3, -0.25) is 4.79 Å². The van der Waals surface area contributed by atoms with Crippen molar-refractivity contribution in [2.75, 3.05) is 19.8 Å². The summed E-state index contributed by atoms with van der Waals surface area (Å²) < 4.78 is 5.20. The van der Waals surface area contributed by atoms with Crippen molar-refractivity contribution in [2.24, 2.45) is 5.41 Å². The maximum Gasteiger partial charge on any atom is 0.223 e. The summed E-state index contributed by atoms with van der Waals surface area (Å²) in [6, 6.07) is 0. The second-order valence-corrected chi connectivity index (χ2v) is 5.57. The van der Waals surface area contributed by atoms with Crippen molar-refractivity contribution in [3.05, 3.63) is 22.2 Å². The number of likely N-dealkylation sites (tertiary alicyclic amines) is 1. The average Bonchev–Trinajstić information content (AvgIpc) is 2.60. The Morgan fingerprint density at radius 1 is 1.44 bits per heavy atom. The van der Waals surface area contributed by atoms with Crippen LogP contribution in [0.25, 0.3) is 0 Å². The Labute approximate surface area is 114 Å². The van der Waals surface area contributed by atoms with Crippen LogP contribution in [0, 0.1) is 5.41 Å². The van der Waals surface area contributed by atoms with Crippen molar-refractivity contribution in [1.29, 1.82) is 0 Å². The molecule has 3 rings (SSSR count). The number of rotatable bonds is 2. The number of nitrogens with zero attached hydrogens (tertiary/aromatic N) is 3. The van der Waals surface area contributed by atoms with Gasteiger partial charge in [-0.2, -0.15) is 0 Å². The second kappa shape index (κ2) is 4.33. The molecule has 2 fully saturated rings. The van der Waals surface area contributed by atoms with Crippen LogP contribution in [0.2, 0.25) is 10.4 Å². The lowest BCUT2D eigenvalue weighted by Gasteiger charge is -2.36. The molecule has 5 nitrogen and oxygen atoms in total. The summed E-state index contributed by atoms with van der Waals surface area (Å²) in [4.78, 5) is 21.5. The number of ether oxygens (including phenoxy) is 1. The first kappa shape index (κ1) is 12.1. The Morgan fingerprint density at radius 2 is 2.22 bits per heavy atom. The van der Waals surface area contributed by atoms with Crippen LogP contribution in [0.4, 0.5) is 0 Å². The molecule has 2 aliphatic rings. The molecule has 0 saturated carbocycles. The third-order valence-corrected chi connectivity index (χ3v) is 3.87. The van der Waals surface area contributed by atoms with Crippen LogP contribution in [0.1, 0.15) is 12.0 Å². The van der Waals surface area contributed by atoms with Crippen LogP contribution in [0.5, 0.6) is 0 Å². The number of hydrogen-bond acceptors (Lipinski definition) is 4. The van der Waals surface area contributed by atoms with Crippen LogP contribution in [0.15, 0.2) is 6.20 Å². The highest BCUT2D eigenvalue weighted by Gasteiger charge is 2.48. The Bertz CT molecular complexity index is 505. The molecule has 0 bridgehead atoms. The first-order chi connectivity index (χ1) is 8.58. The minimum absolute atomic E-state index is 0.0246. The summed E-state index contributed by atoms with van der Waals surface area (Å²) in [5, 5.41) is 0.411. The van der Waals surface area contributed by atoms with E-state index >= 15 is 0 Å². The van der Waals surface area contributed by atoms with Crippen LogP contribution in [0.3, 0.4) is 0 Å². The Hall–Kier alpha value is -0.910. The summed E-state index contributed by atoms with van der Waals surface area (Å²) in [6.07, 6.45) is 2.12. The molecule has 0 unspecified atom stereocenters. The van der Waals surface area contributed by atoms with Gasteiger partial charge in [-0.05, 0) is 11.6 Å². The van der Waals surface area contributed by atoms with E-state index in [-0.39, 0.29) is 16.6 Å². The normalized spacial score (nSPS) is 21.4. The molecule has 1 spiro atoms. The van der Waals surface area contributed by atoms with Crippen molar-refractivity contribution in [3.8, 4) is 0 Å². The lowest BCUT2D eigenvalue weighted by Crippen LogP contribution is -2.44. The van der Waals surface area contributed by atoms with Crippen LogP contribution in [-0.4, -0.2) is 40.5 Å². The van der Waals surface area contributed by atoms with Gasteiger partial charge in [0.1, 0.15) is 5.15 Å². The van der Waals surface area contributed by atoms with Gasteiger partial charge in [0.15, 0.2) is 0 Å². The van der Waals surface area contributed by atoms with Crippen molar-refractivity contribution >= 4 is 29.1 Å². The van der Waals surface area contributed by atoms with Crippen molar-refractivity contribution in [1.82, 2.24) is 14.9 Å². The van der Waals surface area contributed by atoms with Crippen molar-refractivity contribution < 1.29 is 9.53 Å². The van der Waals surface area contributed by atoms with Gasteiger partial charge < -0.3 is 9.64 Å². The fourth-order valence-corrected chi connectivity index (χ4v) is 2.75. The minimum Gasteiger partial charge on any atom is -0.380 e. The fourth-order valence-electron chi connectivity index (χ4n) is 2.39. The molecule has 2 aliphatic heterocycles. The van der Waals surface area contributed by atoms with Gasteiger partial charge in [0.25, 0.3) is 0 Å². The molecule has 7 heteroatoms. The first-order valence-corrected chi connectivity index (χ1v) is 6.36. The molecule has 0 N–H and O–H groups in total. The third kappa shape index (κ3) is 2.06. The molecule has 0 aliphatic carbocycles. The molecular weight excluding hydrogens is 277 g/mol. The van der Waals surface area contributed by atoms with Crippen molar-refractivity contribution in [2.45, 2.75) is 13.0 Å².